The van der Waals surface area contributed by atoms with Gasteiger partial charge >= 0.3 is 11.3 Å². The van der Waals surface area contributed by atoms with E-state index in [2.05, 4.69) is 0 Å². The molecule has 276 valence electrons. The largest absolute Gasteiger partial charge is 0.422 e. The molecule has 19 heteroatoms. The summed E-state index contributed by atoms with van der Waals surface area (Å²) in [5.41, 5.74) is -5.97. The summed E-state index contributed by atoms with van der Waals surface area (Å²) in [5, 5.41) is 63.0. The fourth-order valence-corrected chi connectivity index (χ4v) is 7.08. The Bertz CT molecular complexity index is 1870. The molecule has 4 aromatic rings. The van der Waals surface area contributed by atoms with Gasteiger partial charge in [-0.1, -0.05) is 11.8 Å². The first-order valence-electron chi connectivity index (χ1n) is 15.3. The maximum atomic E-state index is 14.4. The molecule has 10 atom stereocenters. The van der Waals surface area contributed by atoms with Gasteiger partial charge in [-0.05, 0) is 36.4 Å². The van der Waals surface area contributed by atoms with E-state index in [0.717, 1.165) is 36.4 Å². The normalized spacial score (nSPS) is 29.9. The summed E-state index contributed by atoms with van der Waals surface area (Å²) in [7, 11) is 0. The second-order valence-corrected chi connectivity index (χ2v) is 13.0. The van der Waals surface area contributed by atoms with Crippen LogP contribution in [0.1, 0.15) is 11.1 Å². The standard InChI is InChI=1S/C32H30F4O14S/c33-15-1-3-17-13(21(15)35)5-11(29(43)47-17)9-45-27-23(39)19(7-37)49-31(25(27)41)51-32-26(42)28(24(40)20(8-38)50-32)46-10-12-6-14-18(48-30(12)44)4-2-16(34)22(14)36/h1-6,19-20,23-28,31-32,37-42H,7-10H2/t19?,20?,23-,24-,25+,26?,27?,28-,31-,32-/m0/s1. The highest BCUT2D eigenvalue weighted by molar-refractivity contribution is 8.00. The van der Waals surface area contributed by atoms with Crippen molar-refractivity contribution in [1.29, 1.82) is 0 Å². The molecule has 2 aliphatic heterocycles. The fraction of sp³-hybridized carbons (Fsp3) is 0.438. The van der Waals surface area contributed by atoms with Crippen LogP contribution in [0.3, 0.4) is 0 Å². The van der Waals surface area contributed by atoms with Crippen LogP contribution >= 0.6 is 11.8 Å². The third-order valence-corrected chi connectivity index (χ3v) is 9.84. The van der Waals surface area contributed by atoms with E-state index in [0.29, 0.717) is 11.8 Å². The van der Waals surface area contributed by atoms with Gasteiger partial charge in [0.2, 0.25) is 0 Å². The summed E-state index contributed by atoms with van der Waals surface area (Å²) < 4.78 is 88.8. The Morgan fingerprint density at radius 2 is 1.02 bits per heavy atom. The lowest BCUT2D eigenvalue weighted by Crippen LogP contribution is -2.61. The second kappa shape index (κ2) is 15.2. The highest BCUT2D eigenvalue weighted by Crippen LogP contribution is 2.38. The van der Waals surface area contributed by atoms with Crippen LogP contribution in [0.15, 0.2) is 54.8 Å². The zero-order valence-corrected chi connectivity index (χ0v) is 26.8. The average Bonchev–Trinajstić information content (AvgIpc) is 3.11. The van der Waals surface area contributed by atoms with Crippen LogP contribution in [-0.2, 0) is 32.2 Å². The van der Waals surface area contributed by atoms with E-state index in [1.54, 1.807) is 0 Å². The van der Waals surface area contributed by atoms with E-state index >= 15 is 0 Å². The minimum absolute atomic E-state index is 0.241. The topological polar surface area (TPSA) is 219 Å². The number of aliphatic hydroxyl groups excluding tert-OH is 6. The Morgan fingerprint density at radius 3 is 1.39 bits per heavy atom. The Balaban J connectivity index is 1.19. The minimum atomic E-state index is -1.78. The van der Waals surface area contributed by atoms with E-state index in [1.807, 2.05) is 0 Å². The van der Waals surface area contributed by atoms with Gasteiger partial charge in [0.1, 0.15) is 70.9 Å². The number of hydrogen-bond donors (Lipinski definition) is 6. The first-order valence-corrected chi connectivity index (χ1v) is 16.2. The number of halogens is 4. The molecule has 2 saturated heterocycles. The van der Waals surface area contributed by atoms with E-state index in [-0.39, 0.29) is 33.1 Å². The molecule has 4 heterocycles. The first kappa shape index (κ1) is 37.3. The highest BCUT2D eigenvalue weighted by Gasteiger charge is 2.51. The van der Waals surface area contributed by atoms with Gasteiger partial charge < -0.3 is 58.4 Å². The zero-order valence-electron chi connectivity index (χ0n) is 25.9. The molecule has 0 saturated carbocycles. The molecule has 2 aliphatic rings. The summed E-state index contributed by atoms with van der Waals surface area (Å²) in [4.78, 5) is 25.0. The molecule has 2 aromatic carbocycles. The molecule has 2 aromatic heterocycles. The SMILES string of the molecule is O=c1oc2ccc(F)c(F)c2cc1COC1[C@@H](O)C(CO)O[C@@H](S[C@@H]2OC(CO)[C@H](O)[C@H](OCc3cc4c(F)c(F)ccc4oc3=O)C2O)[C@@H]1O. The number of aliphatic hydroxyl groups is 6. The number of benzene rings is 2. The van der Waals surface area contributed by atoms with Gasteiger partial charge in [-0.25, -0.2) is 27.2 Å². The fourth-order valence-electron chi connectivity index (χ4n) is 5.77. The van der Waals surface area contributed by atoms with Crippen molar-refractivity contribution in [3.63, 3.8) is 0 Å². The van der Waals surface area contributed by atoms with Crippen molar-refractivity contribution in [2.45, 2.75) is 72.9 Å². The second-order valence-electron chi connectivity index (χ2n) is 11.8. The predicted molar refractivity (Wildman–Crippen MR) is 165 cm³/mol. The van der Waals surface area contributed by atoms with E-state index < -0.39 is 121 Å². The molecule has 0 aliphatic carbocycles. The number of ether oxygens (including phenoxy) is 4. The maximum Gasteiger partial charge on any atom is 0.341 e. The van der Waals surface area contributed by atoms with E-state index in [1.165, 1.54) is 0 Å². The molecule has 0 radical (unpaired) electrons. The van der Waals surface area contributed by atoms with Crippen LogP contribution in [0.4, 0.5) is 17.6 Å². The van der Waals surface area contributed by atoms with Gasteiger partial charge in [-0.3, -0.25) is 0 Å². The van der Waals surface area contributed by atoms with Crippen molar-refractivity contribution in [3.05, 3.63) is 91.6 Å². The van der Waals surface area contributed by atoms with Crippen molar-refractivity contribution in [3.8, 4) is 0 Å². The van der Waals surface area contributed by atoms with Crippen molar-refractivity contribution in [2.24, 2.45) is 0 Å². The van der Waals surface area contributed by atoms with Crippen molar-refractivity contribution in [2.75, 3.05) is 13.2 Å². The molecule has 0 bridgehead atoms. The molecule has 4 unspecified atom stereocenters. The van der Waals surface area contributed by atoms with E-state index in [4.69, 9.17) is 27.8 Å². The Hall–Kier alpha value is -3.47. The summed E-state index contributed by atoms with van der Waals surface area (Å²) >= 11 is 0.576. The maximum absolute atomic E-state index is 14.4. The molecule has 6 N–H and O–H groups in total. The van der Waals surface area contributed by atoms with Crippen molar-refractivity contribution in [1.82, 2.24) is 0 Å². The van der Waals surface area contributed by atoms with Gasteiger partial charge in [-0.15, -0.1) is 0 Å². The average molecular weight is 747 g/mol. The number of rotatable bonds is 10. The summed E-state index contributed by atoms with van der Waals surface area (Å²) in [6.45, 7) is -2.97. The van der Waals surface area contributed by atoms with Crippen molar-refractivity contribution >= 4 is 33.7 Å². The smallest absolute Gasteiger partial charge is 0.341 e. The van der Waals surface area contributed by atoms with Gasteiger partial charge in [0.15, 0.2) is 23.3 Å². The lowest BCUT2D eigenvalue weighted by atomic mass is 9.99. The van der Waals surface area contributed by atoms with Crippen molar-refractivity contribution < 1.29 is 76.0 Å². The Labute approximate surface area is 287 Å². The van der Waals surface area contributed by atoms with Crippen LogP contribution in [-0.4, -0.2) is 104 Å². The molecular formula is C32H30F4O14S. The summed E-state index contributed by atoms with van der Waals surface area (Å²) in [6.07, 6.45) is -12.9. The lowest BCUT2D eigenvalue weighted by molar-refractivity contribution is -0.231. The van der Waals surface area contributed by atoms with E-state index in [9.17, 15) is 57.8 Å². The molecular weight excluding hydrogens is 716 g/mol. The number of hydrogen-bond acceptors (Lipinski definition) is 15. The lowest BCUT2D eigenvalue weighted by Gasteiger charge is -2.46. The third-order valence-electron chi connectivity index (χ3n) is 8.53. The van der Waals surface area contributed by atoms with Gasteiger partial charge in [0, 0.05) is 0 Å². The molecule has 51 heavy (non-hydrogen) atoms. The van der Waals surface area contributed by atoms with Crippen LogP contribution < -0.4 is 11.3 Å². The van der Waals surface area contributed by atoms with Crippen LogP contribution in [0.5, 0.6) is 0 Å². The third kappa shape index (κ3) is 7.29. The number of fused-ring (bicyclic) bond motifs is 2. The first-order chi connectivity index (χ1) is 24.3. The number of thioether (sulfide) groups is 1. The van der Waals surface area contributed by atoms with Gasteiger partial charge in [-0.2, -0.15) is 0 Å². The Morgan fingerprint density at radius 1 is 0.627 bits per heavy atom. The molecule has 6 rings (SSSR count). The van der Waals surface area contributed by atoms with Gasteiger partial charge in [0.05, 0.1) is 48.3 Å². The minimum Gasteiger partial charge on any atom is -0.422 e. The highest BCUT2D eigenvalue weighted by atomic mass is 32.2. The zero-order chi connectivity index (χ0) is 36.7. The summed E-state index contributed by atoms with van der Waals surface area (Å²) in [5.74, 6) is -4.98. The monoisotopic (exact) mass is 746 g/mol. The molecule has 0 spiro atoms. The van der Waals surface area contributed by atoms with Crippen LogP contribution in [0, 0.1) is 23.3 Å². The molecule has 0 amide bonds. The predicted octanol–water partition coefficient (Wildman–Crippen LogP) is 0.538. The summed E-state index contributed by atoms with van der Waals surface area (Å²) in [6, 6.07) is 5.63. The Kier molecular flexibility index (Phi) is 11.2. The molecule has 2 fully saturated rings. The van der Waals surface area contributed by atoms with Crippen LogP contribution in [0.25, 0.3) is 21.9 Å². The van der Waals surface area contributed by atoms with Crippen LogP contribution in [0.2, 0.25) is 0 Å². The quantitative estimate of drug-likeness (QED) is 0.0964. The van der Waals surface area contributed by atoms with Gasteiger partial charge in [0.25, 0.3) is 0 Å². The molecule has 14 nitrogen and oxygen atoms in total.